The molecule has 5 aromatic carbocycles. The predicted molar refractivity (Wildman–Crippen MR) is 211 cm³/mol. The van der Waals surface area contributed by atoms with Crippen molar-refractivity contribution in [3.05, 3.63) is 161 Å². The van der Waals surface area contributed by atoms with Gasteiger partial charge in [-0.15, -0.1) is 0 Å². The Kier molecular flexibility index (Phi) is 8.54. The first-order valence-electron chi connectivity index (χ1n) is 18.5. The first-order chi connectivity index (χ1) is 27.1. The third-order valence-electron chi connectivity index (χ3n) is 12.0. The number of halogens is 2. The standard InChI is InChI=1S/C45H36ClFN4O5/c1-25-23-26(7-22-38(25)52)40-34-20-21-35-39(43(55)50(41(35)53)33-18-16-31(17-19-33)48-30-5-3-2-4-6-30)36(34)24-37-42(54)51(49-32-14-12-29(47)13-15-32)44(56)45(37,40)27-8-10-28(46)11-9-27/h2-20,22-23,35-37,39-40,48-49,52H,21,24H2,1H3. The van der Waals surface area contributed by atoms with Gasteiger partial charge in [0.25, 0.3) is 11.8 Å². The fraction of sp³-hybridized carbons (Fsp3) is 0.200. The lowest BCUT2D eigenvalue weighted by atomic mass is 9.49. The molecule has 4 aliphatic rings. The second-order valence-electron chi connectivity index (χ2n) is 15.0. The molecule has 2 saturated heterocycles. The number of benzene rings is 5. The van der Waals surface area contributed by atoms with Gasteiger partial charge < -0.3 is 10.4 Å². The van der Waals surface area contributed by atoms with Crippen molar-refractivity contribution in [3.63, 3.8) is 0 Å². The van der Waals surface area contributed by atoms with E-state index >= 15 is 4.79 Å². The zero-order chi connectivity index (χ0) is 38.9. The third-order valence-corrected chi connectivity index (χ3v) is 12.3. The minimum Gasteiger partial charge on any atom is -0.508 e. The van der Waals surface area contributed by atoms with Crippen LogP contribution in [0.25, 0.3) is 0 Å². The summed E-state index contributed by atoms with van der Waals surface area (Å²) in [5.41, 5.74) is 6.53. The molecule has 2 aliphatic carbocycles. The summed E-state index contributed by atoms with van der Waals surface area (Å²) in [6, 6.07) is 34.2. The maximum Gasteiger partial charge on any atom is 0.260 e. The number of hydrogen-bond donors (Lipinski definition) is 3. The first-order valence-corrected chi connectivity index (χ1v) is 18.9. The van der Waals surface area contributed by atoms with E-state index in [1.165, 1.54) is 29.2 Å². The Balaban J connectivity index is 1.15. The molecule has 4 amide bonds. The molecular formula is C45H36ClFN4O5. The van der Waals surface area contributed by atoms with Crippen LogP contribution in [0.2, 0.25) is 5.02 Å². The number of carbonyl (C=O) groups is 4. The summed E-state index contributed by atoms with van der Waals surface area (Å²) in [5.74, 6) is -5.85. The molecule has 6 unspecified atom stereocenters. The van der Waals surface area contributed by atoms with Crippen molar-refractivity contribution in [1.29, 1.82) is 0 Å². The van der Waals surface area contributed by atoms with Crippen molar-refractivity contribution in [2.45, 2.75) is 31.1 Å². The number of aromatic hydroxyl groups is 1. The van der Waals surface area contributed by atoms with Crippen molar-refractivity contribution in [2.24, 2.45) is 23.7 Å². The average Bonchev–Trinajstić information content (AvgIpc) is 3.58. The van der Waals surface area contributed by atoms with E-state index in [1.807, 2.05) is 54.6 Å². The molecular weight excluding hydrogens is 731 g/mol. The summed E-state index contributed by atoms with van der Waals surface area (Å²) < 4.78 is 13.9. The van der Waals surface area contributed by atoms with Crippen LogP contribution in [0, 0.1) is 36.4 Å². The van der Waals surface area contributed by atoms with Crippen LogP contribution in [-0.4, -0.2) is 33.7 Å². The Bertz CT molecular complexity index is 2440. The van der Waals surface area contributed by atoms with Gasteiger partial charge in [-0.3, -0.25) is 29.5 Å². The minimum atomic E-state index is -1.51. The van der Waals surface area contributed by atoms with Crippen molar-refractivity contribution in [2.75, 3.05) is 15.6 Å². The van der Waals surface area contributed by atoms with Crippen LogP contribution in [0.15, 0.2) is 133 Å². The van der Waals surface area contributed by atoms with Crippen LogP contribution in [0.3, 0.4) is 0 Å². The largest absolute Gasteiger partial charge is 0.508 e. The number of fused-ring (bicyclic) bond motifs is 4. The number of allylic oxidation sites excluding steroid dienone is 2. The quantitative estimate of drug-likeness (QED) is 0.112. The van der Waals surface area contributed by atoms with Crippen molar-refractivity contribution >= 4 is 58.0 Å². The summed E-state index contributed by atoms with van der Waals surface area (Å²) >= 11 is 6.39. The molecule has 3 N–H and O–H groups in total. The van der Waals surface area contributed by atoms with Gasteiger partial charge in [-0.25, -0.2) is 4.39 Å². The van der Waals surface area contributed by atoms with Crippen LogP contribution >= 0.6 is 11.6 Å². The molecule has 9 nitrogen and oxygen atoms in total. The number of carbonyl (C=O) groups excluding carboxylic acids is 4. The molecule has 9 rings (SSSR count). The fourth-order valence-electron chi connectivity index (χ4n) is 9.52. The number of hydrazine groups is 1. The number of hydrogen-bond acceptors (Lipinski definition) is 7. The second-order valence-corrected chi connectivity index (χ2v) is 15.4. The maximum absolute atomic E-state index is 15.3. The maximum atomic E-state index is 15.3. The number of para-hydroxylation sites is 1. The second kappa shape index (κ2) is 13.5. The first kappa shape index (κ1) is 35.4. The molecule has 11 heteroatoms. The lowest BCUT2D eigenvalue weighted by Gasteiger charge is -2.50. The van der Waals surface area contributed by atoms with Crippen molar-refractivity contribution in [3.8, 4) is 5.75 Å². The van der Waals surface area contributed by atoms with E-state index < -0.39 is 52.6 Å². The zero-order valence-electron chi connectivity index (χ0n) is 30.2. The van der Waals surface area contributed by atoms with Gasteiger partial charge in [-0.2, -0.15) is 5.01 Å². The summed E-state index contributed by atoms with van der Waals surface area (Å²) in [7, 11) is 0. The zero-order valence-corrected chi connectivity index (χ0v) is 30.9. The highest BCUT2D eigenvalue weighted by atomic mass is 35.5. The number of nitrogens with zero attached hydrogens (tertiary/aromatic N) is 2. The van der Waals surface area contributed by atoms with E-state index in [4.69, 9.17) is 11.6 Å². The van der Waals surface area contributed by atoms with Gasteiger partial charge in [-0.1, -0.05) is 65.7 Å². The van der Waals surface area contributed by atoms with E-state index in [2.05, 4.69) is 10.7 Å². The average molecular weight is 767 g/mol. The molecule has 2 heterocycles. The van der Waals surface area contributed by atoms with Crippen LogP contribution < -0.4 is 15.6 Å². The Morgan fingerprint density at radius 3 is 2.14 bits per heavy atom. The van der Waals surface area contributed by atoms with Gasteiger partial charge in [0.15, 0.2) is 0 Å². The fourth-order valence-corrected chi connectivity index (χ4v) is 9.65. The summed E-state index contributed by atoms with van der Waals surface area (Å²) in [6.07, 6.45) is 2.37. The Morgan fingerprint density at radius 1 is 0.768 bits per heavy atom. The number of rotatable bonds is 7. The molecule has 5 aromatic rings. The molecule has 0 aromatic heterocycles. The van der Waals surface area contributed by atoms with Crippen LogP contribution in [0.5, 0.6) is 5.75 Å². The number of anilines is 4. The van der Waals surface area contributed by atoms with Gasteiger partial charge in [0.2, 0.25) is 11.8 Å². The lowest BCUT2D eigenvalue weighted by molar-refractivity contribution is -0.138. The van der Waals surface area contributed by atoms with Gasteiger partial charge in [0.05, 0.1) is 34.5 Å². The molecule has 3 fully saturated rings. The number of phenols is 1. The molecule has 0 spiro atoms. The number of aryl methyl sites for hydroxylation is 1. The predicted octanol–water partition coefficient (Wildman–Crippen LogP) is 8.43. The molecule has 0 bridgehead atoms. The summed E-state index contributed by atoms with van der Waals surface area (Å²) in [6.45, 7) is 1.76. The van der Waals surface area contributed by atoms with Gasteiger partial charge in [0.1, 0.15) is 11.6 Å². The molecule has 0 radical (unpaired) electrons. The number of nitrogens with one attached hydrogen (secondary N) is 2. The minimum absolute atomic E-state index is 0.0708. The summed E-state index contributed by atoms with van der Waals surface area (Å²) in [4.78, 5) is 60.3. The van der Waals surface area contributed by atoms with Crippen molar-refractivity contribution in [1.82, 2.24) is 5.01 Å². The van der Waals surface area contributed by atoms with Crippen LogP contribution in [0.1, 0.15) is 35.4 Å². The Morgan fingerprint density at radius 2 is 1.45 bits per heavy atom. The van der Waals surface area contributed by atoms with E-state index in [-0.39, 0.29) is 30.4 Å². The van der Waals surface area contributed by atoms with E-state index in [9.17, 15) is 23.9 Å². The lowest BCUT2D eigenvalue weighted by Crippen LogP contribution is -2.53. The monoisotopic (exact) mass is 766 g/mol. The summed E-state index contributed by atoms with van der Waals surface area (Å²) in [5, 5.41) is 15.4. The Hall–Kier alpha value is -6.26. The number of phenolic OH excluding ortho intramolecular Hbond substituents is 1. The van der Waals surface area contributed by atoms with Crippen molar-refractivity contribution < 1.29 is 28.7 Å². The highest BCUT2D eigenvalue weighted by Gasteiger charge is 2.70. The van der Waals surface area contributed by atoms with E-state index in [0.29, 0.717) is 33.1 Å². The molecule has 280 valence electrons. The molecule has 6 atom stereocenters. The number of imide groups is 2. The highest BCUT2D eigenvalue weighted by Crippen LogP contribution is 2.64. The van der Waals surface area contributed by atoms with Gasteiger partial charge in [-0.05, 0) is 121 Å². The molecule has 56 heavy (non-hydrogen) atoms. The smallest absolute Gasteiger partial charge is 0.260 e. The van der Waals surface area contributed by atoms with Gasteiger partial charge in [0, 0.05) is 22.3 Å². The van der Waals surface area contributed by atoms with E-state index in [1.54, 1.807) is 55.5 Å². The molecule has 2 aliphatic heterocycles. The Labute approximate surface area is 327 Å². The van der Waals surface area contributed by atoms with Crippen LogP contribution in [0.4, 0.5) is 27.1 Å². The highest BCUT2D eigenvalue weighted by molar-refractivity contribution is 6.30. The number of amides is 4. The topological polar surface area (TPSA) is 119 Å². The van der Waals surface area contributed by atoms with E-state index in [0.717, 1.165) is 22.0 Å². The molecule has 1 saturated carbocycles. The SMILES string of the molecule is Cc1cc(C2C3=CCC4C(=O)N(c5ccc(Nc6ccccc6)cc5)C(=O)C4C3CC3C(=O)N(Nc4ccc(F)cc4)C(=O)C32c2ccc(Cl)cc2)ccc1O. The normalized spacial score (nSPS) is 25.4. The van der Waals surface area contributed by atoms with Crippen LogP contribution in [-0.2, 0) is 24.6 Å². The third kappa shape index (κ3) is 5.50. The van der Waals surface area contributed by atoms with Gasteiger partial charge >= 0.3 is 0 Å².